The normalized spacial score (nSPS) is 22.5. The van der Waals surface area contributed by atoms with Gasteiger partial charge in [0.2, 0.25) is 5.95 Å². The van der Waals surface area contributed by atoms with Crippen LogP contribution in [-0.2, 0) is 11.2 Å². The maximum absolute atomic E-state index is 12.8. The van der Waals surface area contributed by atoms with E-state index >= 15 is 0 Å². The van der Waals surface area contributed by atoms with Crippen LogP contribution in [0.2, 0.25) is 0 Å². The summed E-state index contributed by atoms with van der Waals surface area (Å²) in [5, 5.41) is 3.30. The van der Waals surface area contributed by atoms with Gasteiger partial charge in [0, 0.05) is 56.4 Å². The minimum atomic E-state index is 0.140. The molecule has 1 N–H and O–H groups in total. The maximum atomic E-state index is 12.8. The molecule has 7 heteroatoms. The van der Waals surface area contributed by atoms with Crippen LogP contribution in [0.4, 0.5) is 17.5 Å². The molecule has 3 heterocycles. The Morgan fingerprint density at radius 2 is 1.79 bits per heavy atom. The fourth-order valence-corrected chi connectivity index (χ4v) is 6.23. The van der Waals surface area contributed by atoms with Crippen molar-refractivity contribution in [1.29, 1.82) is 0 Å². The van der Waals surface area contributed by atoms with Crippen molar-refractivity contribution in [3.8, 4) is 0 Å². The number of carbonyl (C=O) groups excluding carboxylic acids is 1. The molecule has 6 rings (SSSR count). The summed E-state index contributed by atoms with van der Waals surface area (Å²) in [6, 6.07) is 4.12. The fourth-order valence-electron chi connectivity index (χ4n) is 6.23. The Morgan fingerprint density at radius 3 is 2.55 bits per heavy atom. The smallest absolute Gasteiger partial charge is 0.228 e. The predicted octanol–water partition coefficient (Wildman–Crippen LogP) is 3.99. The monoisotopic (exact) mass is 444 g/mol. The average Bonchev–Trinajstić information content (AvgIpc) is 3.24. The summed E-state index contributed by atoms with van der Waals surface area (Å²) in [4.78, 5) is 31.7. The molecule has 2 aromatic rings. The Kier molecular flexibility index (Phi) is 5.17. The van der Waals surface area contributed by atoms with E-state index in [-0.39, 0.29) is 5.41 Å². The molecule has 1 aliphatic heterocycles. The number of carbonyl (C=O) groups is 1. The maximum Gasteiger partial charge on any atom is 0.228 e. The molecule has 1 saturated carbocycles. The van der Waals surface area contributed by atoms with E-state index in [0.717, 1.165) is 60.9 Å². The number of Topliss-reactive ketones (excluding diaryl/α,β-unsaturated/α-hetero) is 1. The van der Waals surface area contributed by atoms with Gasteiger partial charge in [-0.25, -0.2) is 15.0 Å². The molecular weight excluding hydrogens is 412 g/mol. The van der Waals surface area contributed by atoms with Crippen LogP contribution in [0.5, 0.6) is 0 Å². The first kappa shape index (κ1) is 20.8. The van der Waals surface area contributed by atoms with Crippen LogP contribution in [0.1, 0.15) is 56.2 Å². The van der Waals surface area contributed by atoms with Gasteiger partial charge in [0.05, 0.1) is 17.6 Å². The molecule has 7 nitrogen and oxygen atoms in total. The van der Waals surface area contributed by atoms with Gasteiger partial charge in [0.15, 0.2) is 5.78 Å². The first-order chi connectivity index (χ1) is 16.1. The second-order valence-corrected chi connectivity index (χ2v) is 10.2. The van der Waals surface area contributed by atoms with Crippen molar-refractivity contribution in [3.05, 3.63) is 41.4 Å². The Bertz CT molecular complexity index is 1090. The quantitative estimate of drug-likeness (QED) is 0.767. The molecule has 1 spiro atoms. The number of hydrogen-bond acceptors (Lipinski definition) is 7. The van der Waals surface area contributed by atoms with Crippen LogP contribution >= 0.6 is 0 Å². The molecule has 172 valence electrons. The lowest BCUT2D eigenvalue weighted by Gasteiger charge is -2.41. The van der Waals surface area contributed by atoms with E-state index in [1.54, 1.807) is 0 Å². The van der Waals surface area contributed by atoms with Crippen LogP contribution in [-0.4, -0.2) is 58.9 Å². The molecule has 0 atom stereocenters. The summed E-state index contributed by atoms with van der Waals surface area (Å²) < 4.78 is 0. The fraction of sp³-hybridized carbons (Fsp3) is 0.538. The van der Waals surface area contributed by atoms with Crippen molar-refractivity contribution in [2.24, 2.45) is 5.41 Å². The second-order valence-electron chi connectivity index (χ2n) is 10.2. The zero-order valence-corrected chi connectivity index (χ0v) is 19.4. The van der Waals surface area contributed by atoms with Crippen LogP contribution in [0, 0.1) is 5.41 Å². The van der Waals surface area contributed by atoms with Gasteiger partial charge in [-0.1, -0.05) is 19.3 Å². The summed E-state index contributed by atoms with van der Waals surface area (Å²) in [5.41, 5.74) is 5.66. The molecule has 1 saturated heterocycles. The zero-order chi connectivity index (χ0) is 22.4. The lowest BCUT2D eigenvalue weighted by Crippen LogP contribution is -2.44. The van der Waals surface area contributed by atoms with Crippen LogP contribution in [0.15, 0.2) is 30.1 Å². The van der Waals surface area contributed by atoms with Crippen molar-refractivity contribution < 1.29 is 4.79 Å². The van der Waals surface area contributed by atoms with E-state index in [4.69, 9.17) is 4.98 Å². The molecule has 2 fully saturated rings. The minimum Gasteiger partial charge on any atom is -0.368 e. The molecule has 0 unspecified atom stereocenters. The number of hydrogen-bond donors (Lipinski definition) is 1. The van der Waals surface area contributed by atoms with Gasteiger partial charge >= 0.3 is 0 Å². The van der Waals surface area contributed by atoms with Crippen molar-refractivity contribution in [2.75, 3.05) is 43.4 Å². The predicted molar refractivity (Wildman–Crippen MR) is 130 cm³/mol. The SMILES string of the molecule is CN1CCN(c2ccc(Nc3ncc4c(n3)C3=C(C4)C(=O)CCC34CCCCC4)nc2)CC1. The lowest BCUT2D eigenvalue weighted by atomic mass is 9.62. The number of likely N-dealkylation sites (N-methyl/N-ethyl adjacent to an activating group) is 1. The molecule has 4 aliphatic rings. The third kappa shape index (κ3) is 3.72. The highest BCUT2D eigenvalue weighted by Crippen LogP contribution is 2.56. The largest absolute Gasteiger partial charge is 0.368 e. The summed E-state index contributed by atoms with van der Waals surface area (Å²) in [5.74, 6) is 1.62. The number of ketones is 1. The first-order valence-corrected chi connectivity index (χ1v) is 12.4. The summed E-state index contributed by atoms with van der Waals surface area (Å²) in [7, 11) is 2.16. The van der Waals surface area contributed by atoms with Crippen molar-refractivity contribution in [3.63, 3.8) is 0 Å². The number of anilines is 3. The van der Waals surface area contributed by atoms with Gasteiger partial charge in [-0.3, -0.25) is 4.79 Å². The van der Waals surface area contributed by atoms with Crippen molar-refractivity contribution >= 4 is 28.8 Å². The van der Waals surface area contributed by atoms with Crippen LogP contribution < -0.4 is 10.2 Å². The van der Waals surface area contributed by atoms with E-state index in [9.17, 15) is 4.79 Å². The number of aromatic nitrogens is 3. The highest BCUT2D eigenvalue weighted by atomic mass is 16.1. The van der Waals surface area contributed by atoms with Crippen LogP contribution in [0.3, 0.4) is 0 Å². The highest BCUT2D eigenvalue weighted by molar-refractivity contribution is 6.07. The molecule has 0 amide bonds. The van der Waals surface area contributed by atoms with E-state index in [2.05, 4.69) is 38.2 Å². The molecule has 33 heavy (non-hydrogen) atoms. The first-order valence-electron chi connectivity index (χ1n) is 12.4. The zero-order valence-electron chi connectivity index (χ0n) is 19.4. The number of piperazine rings is 1. The third-order valence-electron chi connectivity index (χ3n) is 8.13. The molecule has 0 radical (unpaired) electrons. The van der Waals surface area contributed by atoms with E-state index in [1.807, 2.05) is 18.5 Å². The molecule has 3 aliphatic carbocycles. The number of fused-ring (bicyclic) bond motifs is 3. The van der Waals surface area contributed by atoms with E-state index < -0.39 is 0 Å². The Morgan fingerprint density at radius 1 is 0.970 bits per heavy atom. The standard InChI is InChI=1S/C26H32N6O/c1-31-11-13-32(14-12-31)19-5-6-22(27-17-19)29-25-28-16-18-15-20-21(33)7-10-26(8-3-2-4-9-26)23(20)24(18)30-25/h5-6,16-17H,2-4,7-15H2,1H3,(H,27,28,29,30). The number of nitrogens with one attached hydrogen (secondary N) is 1. The van der Waals surface area contributed by atoms with Crippen molar-refractivity contribution in [1.82, 2.24) is 19.9 Å². The summed E-state index contributed by atoms with van der Waals surface area (Å²) in [6.07, 6.45) is 12.4. The summed E-state index contributed by atoms with van der Waals surface area (Å²) >= 11 is 0. The van der Waals surface area contributed by atoms with Gasteiger partial charge in [-0.05, 0) is 49.4 Å². The Hall–Kier alpha value is -2.80. The van der Waals surface area contributed by atoms with Gasteiger partial charge in [-0.15, -0.1) is 0 Å². The van der Waals surface area contributed by atoms with Crippen molar-refractivity contribution in [2.45, 2.75) is 51.4 Å². The minimum absolute atomic E-state index is 0.140. The van der Waals surface area contributed by atoms with Gasteiger partial charge in [0.1, 0.15) is 5.82 Å². The number of rotatable bonds is 3. The van der Waals surface area contributed by atoms with E-state index in [1.165, 1.54) is 37.7 Å². The highest BCUT2D eigenvalue weighted by Gasteiger charge is 2.46. The Balaban J connectivity index is 1.25. The molecule has 0 bridgehead atoms. The third-order valence-corrected chi connectivity index (χ3v) is 8.13. The van der Waals surface area contributed by atoms with Gasteiger partial charge in [-0.2, -0.15) is 0 Å². The van der Waals surface area contributed by atoms with E-state index in [0.29, 0.717) is 24.6 Å². The average molecular weight is 445 g/mol. The van der Waals surface area contributed by atoms with Gasteiger partial charge in [0.25, 0.3) is 0 Å². The molecule has 2 aromatic heterocycles. The number of nitrogens with zero attached hydrogens (tertiary/aromatic N) is 5. The molecule has 0 aromatic carbocycles. The topological polar surface area (TPSA) is 74.2 Å². The second kappa shape index (κ2) is 8.20. The Labute approximate surface area is 195 Å². The number of allylic oxidation sites excluding steroid dienone is 2. The van der Waals surface area contributed by atoms with Gasteiger partial charge < -0.3 is 15.1 Å². The summed E-state index contributed by atoms with van der Waals surface area (Å²) in [6.45, 7) is 4.20. The number of pyridine rings is 1. The molecular formula is C26H32N6O. The van der Waals surface area contributed by atoms with Crippen LogP contribution in [0.25, 0.3) is 5.57 Å². The lowest BCUT2D eigenvalue weighted by molar-refractivity contribution is -0.116.